The van der Waals surface area contributed by atoms with E-state index in [9.17, 15) is 4.79 Å². The Morgan fingerprint density at radius 3 is 3.00 bits per heavy atom. The van der Waals surface area contributed by atoms with Crippen LogP contribution in [0.3, 0.4) is 0 Å². The van der Waals surface area contributed by atoms with Crippen molar-refractivity contribution >= 4 is 5.91 Å². The van der Waals surface area contributed by atoms with E-state index in [2.05, 4.69) is 10.6 Å². The maximum Gasteiger partial charge on any atom is 0.224 e. The zero-order chi connectivity index (χ0) is 11.2. The van der Waals surface area contributed by atoms with E-state index in [1.807, 2.05) is 0 Å². The van der Waals surface area contributed by atoms with Gasteiger partial charge in [-0.2, -0.15) is 0 Å². The van der Waals surface area contributed by atoms with Gasteiger partial charge in [-0.05, 0) is 38.1 Å². The Hall–Kier alpha value is -0.610. The van der Waals surface area contributed by atoms with E-state index >= 15 is 0 Å². The summed E-state index contributed by atoms with van der Waals surface area (Å²) in [6.07, 6.45) is 4.46. The molecule has 1 amide bonds. The molecular formula is C12H22N2O2. The molecule has 0 radical (unpaired) electrons. The minimum absolute atomic E-state index is 0.179. The zero-order valence-corrected chi connectivity index (χ0v) is 9.84. The second-order valence-corrected chi connectivity index (χ2v) is 4.87. The summed E-state index contributed by atoms with van der Waals surface area (Å²) in [5.74, 6) is 0.922. The third kappa shape index (κ3) is 3.46. The van der Waals surface area contributed by atoms with Crippen molar-refractivity contribution in [2.75, 3.05) is 32.8 Å². The summed E-state index contributed by atoms with van der Waals surface area (Å²) in [6.45, 7) is 4.38. The van der Waals surface area contributed by atoms with Crippen LogP contribution in [0.25, 0.3) is 0 Å². The Labute approximate surface area is 97.1 Å². The molecule has 2 N–H and O–H groups in total. The number of carbonyl (C=O) groups is 1. The molecule has 4 heteroatoms. The van der Waals surface area contributed by atoms with Crippen molar-refractivity contribution in [3.63, 3.8) is 0 Å². The molecule has 2 rings (SSSR count). The first-order valence-electron chi connectivity index (χ1n) is 6.42. The molecule has 0 saturated carbocycles. The Bertz CT molecular complexity index is 221. The second kappa shape index (κ2) is 6.21. The summed E-state index contributed by atoms with van der Waals surface area (Å²) in [6, 6.07) is 0. The molecule has 2 heterocycles. The summed E-state index contributed by atoms with van der Waals surface area (Å²) >= 11 is 0. The molecule has 16 heavy (non-hydrogen) atoms. The van der Waals surface area contributed by atoms with E-state index in [4.69, 9.17) is 4.74 Å². The molecule has 0 aromatic carbocycles. The highest BCUT2D eigenvalue weighted by Gasteiger charge is 2.22. The molecule has 92 valence electrons. The van der Waals surface area contributed by atoms with Crippen molar-refractivity contribution in [2.45, 2.75) is 25.7 Å². The predicted octanol–water partition coefficient (Wildman–Crippen LogP) is 0.529. The lowest BCUT2D eigenvalue weighted by molar-refractivity contribution is -0.125. The van der Waals surface area contributed by atoms with Crippen molar-refractivity contribution in [1.82, 2.24) is 10.6 Å². The number of ether oxygens (including phenoxy) is 1. The lowest BCUT2D eigenvalue weighted by atomic mass is 9.98. The second-order valence-electron chi connectivity index (χ2n) is 4.87. The van der Waals surface area contributed by atoms with Crippen LogP contribution in [-0.2, 0) is 9.53 Å². The normalized spacial score (nSPS) is 31.0. The quantitative estimate of drug-likeness (QED) is 0.738. The van der Waals surface area contributed by atoms with Crippen LogP contribution < -0.4 is 10.6 Å². The number of amides is 1. The molecule has 2 saturated heterocycles. The van der Waals surface area contributed by atoms with Gasteiger partial charge in [0.1, 0.15) is 0 Å². The van der Waals surface area contributed by atoms with Crippen LogP contribution in [0.1, 0.15) is 25.7 Å². The fourth-order valence-electron chi connectivity index (χ4n) is 2.43. The van der Waals surface area contributed by atoms with Crippen LogP contribution in [0.2, 0.25) is 0 Å². The number of carbonyl (C=O) groups excluding carboxylic acids is 1. The fraction of sp³-hybridized carbons (Fsp3) is 0.917. The van der Waals surface area contributed by atoms with Gasteiger partial charge in [-0.15, -0.1) is 0 Å². The van der Waals surface area contributed by atoms with Gasteiger partial charge in [0.25, 0.3) is 0 Å². The molecule has 2 aliphatic heterocycles. The van der Waals surface area contributed by atoms with Crippen LogP contribution >= 0.6 is 0 Å². The zero-order valence-electron chi connectivity index (χ0n) is 9.84. The first-order chi connectivity index (χ1) is 7.86. The highest BCUT2D eigenvalue weighted by Crippen LogP contribution is 2.13. The number of piperidine rings is 1. The van der Waals surface area contributed by atoms with E-state index in [-0.39, 0.29) is 11.8 Å². The van der Waals surface area contributed by atoms with Gasteiger partial charge in [-0.3, -0.25) is 4.79 Å². The van der Waals surface area contributed by atoms with Crippen molar-refractivity contribution < 1.29 is 9.53 Å². The molecule has 0 spiro atoms. The minimum atomic E-state index is 0.179. The molecule has 0 aromatic rings. The number of hydrogen-bond donors (Lipinski definition) is 2. The van der Waals surface area contributed by atoms with Gasteiger partial charge in [0.05, 0.1) is 12.5 Å². The number of nitrogens with one attached hydrogen (secondary N) is 2. The molecule has 2 fully saturated rings. The summed E-state index contributed by atoms with van der Waals surface area (Å²) in [5, 5.41) is 6.33. The van der Waals surface area contributed by atoms with Crippen LogP contribution in [0.5, 0.6) is 0 Å². The molecular weight excluding hydrogens is 204 g/mol. The summed E-state index contributed by atoms with van der Waals surface area (Å²) in [4.78, 5) is 11.8. The molecule has 1 unspecified atom stereocenters. The van der Waals surface area contributed by atoms with Gasteiger partial charge < -0.3 is 15.4 Å². The number of rotatable bonds is 3. The lowest BCUT2D eigenvalue weighted by Crippen LogP contribution is -2.42. The Kier molecular flexibility index (Phi) is 4.60. The Balaban J connectivity index is 1.65. The van der Waals surface area contributed by atoms with Crippen molar-refractivity contribution in [2.24, 2.45) is 11.8 Å². The largest absolute Gasteiger partial charge is 0.381 e. The lowest BCUT2D eigenvalue weighted by Gasteiger charge is -2.25. The van der Waals surface area contributed by atoms with Gasteiger partial charge in [0, 0.05) is 19.7 Å². The van der Waals surface area contributed by atoms with Crippen molar-refractivity contribution in [1.29, 1.82) is 0 Å². The third-order valence-corrected chi connectivity index (χ3v) is 3.49. The predicted molar refractivity (Wildman–Crippen MR) is 62.1 cm³/mol. The van der Waals surface area contributed by atoms with Crippen molar-refractivity contribution in [3.8, 4) is 0 Å². The van der Waals surface area contributed by atoms with E-state index in [0.717, 1.165) is 52.1 Å². The Morgan fingerprint density at radius 1 is 1.38 bits per heavy atom. The third-order valence-electron chi connectivity index (χ3n) is 3.49. The van der Waals surface area contributed by atoms with Crippen LogP contribution in [0, 0.1) is 11.8 Å². The molecule has 0 bridgehead atoms. The molecule has 4 nitrogen and oxygen atoms in total. The molecule has 2 atom stereocenters. The summed E-state index contributed by atoms with van der Waals surface area (Å²) < 4.78 is 5.40. The van der Waals surface area contributed by atoms with E-state index in [1.54, 1.807) is 0 Å². The summed E-state index contributed by atoms with van der Waals surface area (Å²) in [5.41, 5.74) is 0. The average Bonchev–Trinajstić information content (AvgIpc) is 2.38. The maximum atomic E-state index is 11.8. The topological polar surface area (TPSA) is 50.4 Å². The SMILES string of the molecule is O=C(NCC1CCCOC1)[C@@H]1CCCNC1. The number of hydrogen-bond acceptors (Lipinski definition) is 3. The van der Waals surface area contributed by atoms with Gasteiger partial charge >= 0.3 is 0 Å². The van der Waals surface area contributed by atoms with E-state index in [1.165, 1.54) is 6.42 Å². The monoisotopic (exact) mass is 226 g/mol. The fourth-order valence-corrected chi connectivity index (χ4v) is 2.43. The Morgan fingerprint density at radius 2 is 2.31 bits per heavy atom. The average molecular weight is 226 g/mol. The highest BCUT2D eigenvalue weighted by molar-refractivity contribution is 5.78. The summed E-state index contributed by atoms with van der Waals surface area (Å²) in [7, 11) is 0. The minimum Gasteiger partial charge on any atom is -0.381 e. The van der Waals surface area contributed by atoms with Crippen molar-refractivity contribution in [3.05, 3.63) is 0 Å². The van der Waals surface area contributed by atoms with Gasteiger partial charge in [-0.25, -0.2) is 0 Å². The van der Waals surface area contributed by atoms with E-state index < -0.39 is 0 Å². The molecule has 2 aliphatic rings. The first-order valence-corrected chi connectivity index (χ1v) is 6.42. The van der Waals surface area contributed by atoms with Gasteiger partial charge in [0.15, 0.2) is 0 Å². The maximum absolute atomic E-state index is 11.8. The molecule has 0 aromatic heterocycles. The highest BCUT2D eigenvalue weighted by atomic mass is 16.5. The first kappa shape index (κ1) is 11.9. The van der Waals surface area contributed by atoms with Crippen LogP contribution in [-0.4, -0.2) is 38.8 Å². The van der Waals surface area contributed by atoms with Crippen LogP contribution in [0.15, 0.2) is 0 Å². The van der Waals surface area contributed by atoms with Gasteiger partial charge in [0.2, 0.25) is 5.91 Å². The molecule has 0 aliphatic carbocycles. The smallest absolute Gasteiger partial charge is 0.224 e. The van der Waals surface area contributed by atoms with Gasteiger partial charge in [-0.1, -0.05) is 0 Å². The standard InChI is InChI=1S/C12H22N2O2/c15-12(11-4-1-5-13-8-11)14-7-10-3-2-6-16-9-10/h10-11,13H,1-9H2,(H,14,15)/t10?,11-/m1/s1. The van der Waals surface area contributed by atoms with E-state index in [0.29, 0.717) is 5.92 Å². The van der Waals surface area contributed by atoms with Crippen LogP contribution in [0.4, 0.5) is 0 Å².